The largest absolute Gasteiger partial charge is 0.491 e. The highest BCUT2D eigenvalue weighted by Gasteiger charge is 2.39. The summed E-state index contributed by atoms with van der Waals surface area (Å²) < 4.78 is 25.7. The van der Waals surface area contributed by atoms with Gasteiger partial charge < -0.3 is 14.1 Å². The second kappa shape index (κ2) is 9.75. The van der Waals surface area contributed by atoms with Crippen LogP contribution in [0.15, 0.2) is 48.2 Å². The van der Waals surface area contributed by atoms with Crippen molar-refractivity contribution in [3.63, 3.8) is 0 Å². The Bertz CT molecular complexity index is 1010. The summed E-state index contributed by atoms with van der Waals surface area (Å²) >= 11 is 0. The van der Waals surface area contributed by atoms with Crippen LogP contribution in [-0.2, 0) is 4.43 Å². The van der Waals surface area contributed by atoms with Crippen molar-refractivity contribution in [2.45, 2.75) is 57.8 Å². The summed E-state index contributed by atoms with van der Waals surface area (Å²) in [6.45, 7) is 10.4. The Hall–Kier alpha value is -2.18. The number of aromatic nitrogens is 1. The highest BCUT2D eigenvalue weighted by Crippen LogP contribution is 2.37. The first-order valence-corrected chi connectivity index (χ1v) is 14.3. The number of benzene rings is 1. The van der Waals surface area contributed by atoms with Crippen LogP contribution in [0.25, 0.3) is 16.5 Å². The zero-order valence-electron chi connectivity index (χ0n) is 20.5. The van der Waals surface area contributed by atoms with Crippen molar-refractivity contribution in [3.8, 4) is 5.75 Å². The number of ether oxygens (including phenoxy) is 1. The maximum atomic E-state index is 13.6. The molecule has 2 aromatic rings. The Balaban J connectivity index is 1.69. The third-order valence-corrected chi connectivity index (χ3v) is 11.1. The molecule has 4 nitrogen and oxygen atoms in total. The van der Waals surface area contributed by atoms with Crippen molar-refractivity contribution in [3.05, 3.63) is 53.9 Å². The highest BCUT2D eigenvalue weighted by molar-refractivity contribution is 6.74. The summed E-state index contributed by atoms with van der Waals surface area (Å²) in [7, 11) is 2.11. The van der Waals surface area contributed by atoms with Crippen LogP contribution in [0.1, 0.15) is 39.3 Å². The lowest BCUT2D eigenvalue weighted by Crippen LogP contribution is -2.46. The maximum absolute atomic E-state index is 13.6. The van der Waals surface area contributed by atoms with Gasteiger partial charge in [-0.25, -0.2) is 9.37 Å². The summed E-state index contributed by atoms with van der Waals surface area (Å²) in [6, 6.07) is 9.98. The fourth-order valence-corrected chi connectivity index (χ4v) is 4.80. The molecule has 1 unspecified atom stereocenters. The Morgan fingerprint density at radius 3 is 2.44 bits per heavy atom. The average molecular weight is 457 g/mol. The van der Waals surface area contributed by atoms with Crippen LogP contribution in [0, 0.1) is 0 Å². The second-order valence-electron chi connectivity index (χ2n) is 10.3. The van der Waals surface area contributed by atoms with E-state index in [1.807, 2.05) is 18.2 Å². The topological polar surface area (TPSA) is 34.6 Å². The molecule has 1 atom stereocenters. The van der Waals surface area contributed by atoms with E-state index < -0.39 is 21.1 Å². The van der Waals surface area contributed by atoms with Crippen LogP contribution in [0.2, 0.25) is 18.1 Å². The van der Waals surface area contributed by atoms with E-state index >= 15 is 0 Å². The van der Waals surface area contributed by atoms with Crippen molar-refractivity contribution in [1.82, 2.24) is 9.88 Å². The minimum atomic E-state index is -2.05. The lowest BCUT2D eigenvalue weighted by atomic mass is 9.98. The van der Waals surface area contributed by atoms with E-state index in [0.717, 1.165) is 29.4 Å². The van der Waals surface area contributed by atoms with Crippen LogP contribution < -0.4 is 4.74 Å². The minimum Gasteiger partial charge on any atom is -0.491 e. The first-order valence-electron chi connectivity index (χ1n) is 11.3. The highest BCUT2D eigenvalue weighted by atomic mass is 28.4. The number of rotatable bonds is 8. The summed E-state index contributed by atoms with van der Waals surface area (Å²) in [6.07, 6.45) is 5.81. The Morgan fingerprint density at radius 1 is 1.09 bits per heavy atom. The van der Waals surface area contributed by atoms with E-state index in [2.05, 4.69) is 77.1 Å². The molecule has 1 aliphatic carbocycles. The molecule has 0 radical (unpaired) electrons. The monoisotopic (exact) mass is 456 g/mol. The van der Waals surface area contributed by atoms with Crippen molar-refractivity contribution >= 4 is 24.8 Å². The van der Waals surface area contributed by atoms with Crippen LogP contribution in [0.3, 0.4) is 0 Å². The van der Waals surface area contributed by atoms with Gasteiger partial charge >= 0.3 is 0 Å². The van der Waals surface area contributed by atoms with Gasteiger partial charge in [-0.15, -0.1) is 0 Å². The van der Waals surface area contributed by atoms with Gasteiger partial charge in [-0.05, 0) is 66.9 Å². The van der Waals surface area contributed by atoms with E-state index in [1.165, 1.54) is 11.3 Å². The first kappa shape index (κ1) is 24.5. The molecule has 0 fully saturated rings. The Morgan fingerprint density at radius 2 is 1.84 bits per heavy atom. The summed E-state index contributed by atoms with van der Waals surface area (Å²) in [4.78, 5) is 7.01. The van der Waals surface area contributed by atoms with Gasteiger partial charge in [0.25, 0.3) is 0 Å². The fourth-order valence-electron chi connectivity index (χ4n) is 3.48. The molecule has 0 bridgehead atoms. The van der Waals surface area contributed by atoms with E-state index in [0.29, 0.717) is 5.75 Å². The molecule has 6 heteroatoms. The zero-order valence-corrected chi connectivity index (χ0v) is 21.5. The third-order valence-electron chi connectivity index (χ3n) is 6.57. The van der Waals surface area contributed by atoms with E-state index in [-0.39, 0.29) is 11.6 Å². The molecule has 0 amide bonds. The molecule has 1 heterocycles. The van der Waals surface area contributed by atoms with E-state index in [1.54, 1.807) is 0 Å². The number of allylic oxidation sites excluding steroid dienone is 4. The van der Waals surface area contributed by atoms with Crippen LogP contribution in [0.4, 0.5) is 4.39 Å². The lowest BCUT2D eigenvalue weighted by molar-refractivity contribution is 0.0920. The van der Waals surface area contributed by atoms with Gasteiger partial charge in [0.15, 0.2) is 8.32 Å². The van der Waals surface area contributed by atoms with Crippen LogP contribution in [0.5, 0.6) is 5.75 Å². The quantitative estimate of drug-likeness (QED) is 0.419. The number of alkyl halides is 1. The number of halogens is 1. The molecule has 1 aliphatic rings. The smallest absolute Gasteiger partial charge is 0.192 e. The predicted molar refractivity (Wildman–Crippen MR) is 134 cm³/mol. The van der Waals surface area contributed by atoms with Crippen molar-refractivity contribution in [1.29, 1.82) is 0 Å². The molecule has 1 aromatic heterocycles. The summed E-state index contributed by atoms with van der Waals surface area (Å²) in [5, 5.41) is 1.04. The van der Waals surface area contributed by atoms with Crippen LogP contribution in [-0.4, -0.2) is 51.7 Å². The lowest BCUT2D eigenvalue weighted by Gasteiger charge is -2.38. The molecule has 3 rings (SSSR count). The van der Waals surface area contributed by atoms with Gasteiger partial charge in [-0.1, -0.05) is 32.9 Å². The maximum Gasteiger partial charge on any atom is 0.192 e. The number of hydrogen-bond donors (Lipinski definition) is 0. The van der Waals surface area contributed by atoms with Gasteiger partial charge in [0.1, 0.15) is 25.1 Å². The molecular weight excluding hydrogens is 419 g/mol. The molecule has 0 aliphatic heterocycles. The summed E-state index contributed by atoms with van der Waals surface area (Å²) in [5.41, 5.74) is 4.53. The third kappa shape index (κ3) is 5.78. The van der Waals surface area contributed by atoms with Gasteiger partial charge in [0, 0.05) is 25.2 Å². The fraction of sp³-hybridized carbons (Fsp3) is 0.500. The van der Waals surface area contributed by atoms with Gasteiger partial charge in [0.2, 0.25) is 0 Å². The average Bonchev–Trinajstić information content (AvgIpc) is 2.75. The van der Waals surface area contributed by atoms with Gasteiger partial charge in [-0.3, -0.25) is 0 Å². The zero-order chi connectivity index (χ0) is 23.5. The SMILES string of the molecule is CN(C)C1=CC=C(c2ccc3cc(OCC(CF)O[Si](C)(C)C(C)(C)C)ccc3n2)CC1. The standard InChI is InChI=1S/C26H37FN2O2Si/c1-26(2,3)32(6,7)31-23(17-27)18-30-22-13-15-25-20(16-22)10-14-24(28-25)19-8-11-21(12-9-19)29(4)5/h8,10-11,13-16,23H,9,12,17-18H2,1-7H3. The van der Waals surface area contributed by atoms with E-state index in [9.17, 15) is 4.39 Å². The van der Waals surface area contributed by atoms with Crippen molar-refractivity contribution < 1.29 is 13.6 Å². The van der Waals surface area contributed by atoms with Crippen molar-refractivity contribution in [2.75, 3.05) is 27.4 Å². The normalized spacial score (nSPS) is 15.9. The van der Waals surface area contributed by atoms with Crippen LogP contribution >= 0.6 is 0 Å². The van der Waals surface area contributed by atoms with Crippen molar-refractivity contribution in [2.24, 2.45) is 0 Å². The number of hydrogen-bond acceptors (Lipinski definition) is 4. The number of nitrogens with zero attached hydrogens (tertiary/aromatic N) is 2. The molecule has 0 saturated carbocycles. The Labute approximate surface area is 193 Å². The molecule has 1 aromatic carbocycles. The first-order chi connectivity index (χ1) is 15.0. The second-order valence-corrected chi connectivity index (χ2v) is 15.0. The van der Waals surface area contributed by atoms with E-state index in [4.69, 9.17) is 14.1 Å². The Kier molecular flexibility index (Phi) is 7.45. The number of pyridine rings is 1. The molecule has 174 valence electrons. The minimum absolute atomic E-state index is 0.0321. The predicted octanol–water partition coefficient (Wildman–Crippen LogP) is 6.60. The number of fused-ring (bicyclic) bond motifs is 1. The molecule has 0 N–H and O–H groups in total. The molecule has 0 spiro atoms. The molecule has 32 heavy (non-hydrogen) atoms. The summed E-state index contributed by atoms with van der Waals surface area (Å²) in [5.74, 6) is 0.708. The van der Waals surface area contributed by atoms with Gasteiger partial charge in [0.05, 0.1) is 11.2 Å². The van der Waals surface area contributed by atoms with Gasteiger partial charge in [-0.2, -0.15) is 0 Å². The molecular formula is C26H37FN2O2Si. The molecule has 0 saturated heterocycles.